The maximum atomic E-state index is 12.5. The summed E-state index contributed by atoms with van der Waals surface area (Å²) in [7, 11) is 0. The molecule has 4 nitrogen and oxygen atoms in total. The number of amides is 1. The summed E-state index contributed by atoms with van der Waals surface area (Å²) in [5.41, 5.74) is 0.938. The number of thioether (sulfide) groups is 1. The Morgan fingerprint density at radius 1 is 1.25 bits per heavy atom. The topological polar surface area (TPSA) is 57.6 Å². The van der Waals surface area contributed by atoms with E-state index in [1.165, 1.54) is 0 Å². The van der Waals surface area contributed by atoms with Gasteiger partial charge in [0.1, 0.15) is 6.04 Å². The summed E-state index contributed by atoms with van der Waals surface area (Å²) in [4.78, 5) is 25.5. The summed E-state index contributed by atoms with van der Waals surface area (Å²) < 4.78 is 0. The molecule has 1 saturated heterocycles. The third-order valence-electron chi connectivity index (χ3n) is 3.83. The van der Waals surface area contributed by atoms with Crippen LogP contribution in [0.3, 0.4) is 0 Å². The lowest BCUT2D eigenvalue weighted by atomic mass is 10.1. The number of carbonyl (C=O) groups is 2. The Labute approximate surface area is 122 Å². The number of hydrogen-bond donors (Lipinski definition) is 1. The van der Waals surface area contributed by atoms with Crippen molar-refractivity contribution in [3.8, 4) is 0 Å². The molecule has 2 aliphatic rings. The molecular weight excluding hydrogens is 274 g/mol. The third kappa shape index (κ3) is 2.68. The van der Waals surface area contributed by atoms with Gasteiger partial charge in [-0.1, -0.05) is 30.3 Å². The molecule has 2 unspecified atom stereocenters. The molecule has 0 spiro atoms. The predicted octanol–water partition coefficient (Wildman–Crippen LogP) is 1.99. The molecule has 1 heterocycles. The van der Waals surface area contributed by atoms with Crippen LogP contribution in [-0.4, -0.2) is 39.1 Å². The van der Waals surface area contributed by atoms with Crippen molar-refractivity contribution in [1.29, 1.82) is 0 Å². The average molecular weight is 291 g/mol. The van der Waals surface area contributed by atoms with Crippen molar-refractivity contribution in [1.82, 2.24) is 4.90 Å². The Hall–Kier alpha value is -1.49. The Balaban J connectivity index is 1.76. The number of carboxylic acid groups (broad SMARTS) is 1. The molecule has 5 heteroatoms. The molecular formula is C15H17NO3S. The molecule has 106 valence electrons. The minimum atomic E-state index is -0.887. The number of carbonyl (C=O) groups excluding carboxylic acids is 1. The van der Waals surface area contributed by atoms with Gasteiger partial charge in [0.15, 0.2) is 0 Å². The second kappa shape index (κ2) is 5.48. The second-order valence-corrected chi connectivity index (χ2v) is 6.53. The first-order valence-corrected chi connectivity index (χ1v) is 7.91. The van der Waals surface area contributed by atoms with E-state index in [0.717, 1.165) is 18.4 Å². The van der Waals surface area contributed by atoms with Crippen LogP contribution in [0.15, 0.2) is 30.3 Å². The summed E-state index contributed by atoms with van der Waals surface area (Å²) in [5.74, 6) is 0.0495. The van der Waals surface area contributed by atoms with Gasteiger partial charge in [0, 0.05) is 5.75 Å². The van der Waals surface area contributed by atoms with Gasteiger partial charge in [0.25, 0.3) is 0 Å². The van der Waals surface area contributed by atoms with E-state index in [1.807, 2.05) is 30.3 Å². The lowest BCUT2D eigenvalue weighted by molar-refractivity contribution is -0.149. The molecule has 1 saturated carbocycles. The van der Waals surface area contributed by atoms with E-state index in [2.05, 4.69) is 0 Å². The van der Waals surface area contributed by atoms with Crippen LogP contribution in [0.1, 0.15) is 18.4 Å². The number of rotatable bonds is 4. The first-order valence-electron chi connectivity index (χ1n) is 6.86. The normalized spacial score (nSPS) is 25.7. The van der Waals surface area contributed by atoms with Crippen LogP contribution in [0.2, 0.25) is 0 Å². The Morgan fingerprint density at radius 3 is 2.55 bits per heavy atom. The summed E-state index contributed by atoms with van der Waals surface area (Å²) >= 11 is 1.62. The maximum absolute atomic E-state index is 12.5. The number of hydrogen-bond acceptors (Lipinski definition) is 3. The third-order valence-corrected chi connectivity index (χ3v) is 5.29. The lowest BCUT2D eigenvalue weighted by Gasteiger charge is -2.27. The molecule has 1 aliphatic carbocycles. The fraction of sp³-hybridized carbons (Fsp3) is 0.467. The maximum Gasteiger partial charge on any atom is 0.327 e. The van der Waals surface area contributed by atoms with E-state index in [4.69, 9.17) is 0 Å². The van der Waals surface area contributed by atoms with Crippen LogP contribution >= 0.6 is 11.8 Å². The minimum Gasteiger partial charge on any atom is -0.480 e. The highest BCUT2D eigenvalue weighted by Gasteiger charge is 2.47. The Bertz CT molecular complexity index is 515. The average Bonchev–Trinajstić information content (AvgIpc) is 3.17. The number of benzene rings is 1. The Kier molecular flexibility index (Phi) is 3.70. The van der Waals surface area contributed by atoms with Gasteiger partial charge in [-0.25, -0.2) is 4.79 Å². The SMILES string of the molecule is O=C(O)C1CSC(C2CC2)N1C(=O)Cc1ccccc1. The molecule has 2 atom stereocenters. The predicted molar refractivity (Wildman–Crippen MR) is 77.4 cm³/mol. The second-order valence-electron chi connectivity index (χ2n) is 5.38. The molecule has 0 radical (unpaired) electrons. The largest absolute Gasteiger partial charge is 0.480 e. The highest BCUT2D eigenvalue weighted by Crippen LogP contribution is 2.45. The van der Waals surface area contributed by atoms with Gasteiger partial charge < -0.3 is 10.0 Å². The summed E-state index contributed by atoms with van der Waals surface area (Å²) in [6.07, 6.45) is 2.51. The fourth-order valence-electron chi connectivity index (χ4n) is 2.64. The van der Waals surface area contributed by atoms with Gasteiger partial charge in [-0.15, -0.1) is 11.8 Å². The number of nitrogens with zero attached hydrogens (tertiary/aromatic N) is 1. The molecule has 1 aromatic rings. The van der Waals surface area contributed by atoms with Crippen molar-refractivity contribution < 1.29 is 14.7 Å². The van der Waals surface area contributed by atoms with Crippen LogP contribution in [0, 0.1) is 5.92 Å². The smallest absolute Gasteiger partial charge is 0.327 e. The molecule has 0 bridgehead atoms. The highest BCUT2D eigenvalue weighted by atomic mass is 32.2. The molecule has 2 fully saturated rings. The van der Waals surface area contributed by atoms with E-state index in [-0.39, 0.29) is 17.7 Å². The van der Waals surface area contributed by atoms with Gasteiger partial charge in [0.2, 0.25) is 5.91 Å². The summed E-state index contributed by atoms with van der Waals surface area (Å²) in [5, 5.41) is 9.37. The van der Waals surface area contributed by atoms with Gasteiger partial charge in [-0.05, 0) is 24.3 Å². The van der Waals surface area contributed by atoms with Crippen LogP contribution in [0.25, 0.3) is 0 Å². The zero-order valence-corrected chi connectivity index (χ0v) is 11.9. The minimum absolute atomic E-state index is 0.0623. The first-order chi connectivity index (χ1) is 9.66. The van der Waals surface area contributed by atoms with Crippen molar-refractivity contribution in [3.63, 3.8) is 0 Å². The van der Waals surface area contributed by atoms with Crippen molar-refractivity contribution in [2.24, 2.45) is 5.92 Å². The molecule has 1 N–H and O–H groups in total. The zero-order chi connectivity index (χ0) is 14.1. The van der Waals surface area contributed by atoms with Crippen LogP contribution in [0.5, 0.6) is 0 Å². The molecule has 20 heavy (non-hydrogen) atoms. The van der Waals surface area contributed by atoms with Crippen LogP contribution in [-0.2, 0) is 16.0 Å². The van der Waals surface area contributed by atoms with Crippen molar-refractivity contribution in [2.75, 3.05) is 5.75 Å². The number of aliphatic carboxylic acids is 1. The summed E-state index contributed by atoms with van der Waals surface area (Å²) in [6.45, 7) is 0. The van der Waals surface area contributed by atoms with Crippen molar-refractivity contribution in [2.45, 2.75) is 30.7 Å². The van der Waals surface area contributed by atoms with Gasteiger partial charge >= 0.3 is 5.97 Å². The van der Waals surface area contributed by atoms with E-state index >= 15 is 0 Å². The van der Waals surface area contributed by atoms with Gasteiger partial charge in [0.05, 0.1) is 11.8 Å². The molecule has 3 rings (SSSR count). The molecule has 0 aromatic heterocycles. The van der Waals surface area contributed by atoms with Crippen molar-refractivity contribution in [3.05, 3.63) is 35.9 Å². The Morgan fingerprint density at radius 2 is 1.95 bits per heavy atom. The van der Waals surface area contributed by atoms with E-state index < -0.39 is 12.0 Å². The highest BCUT2D eigenvalue weighted by molar-refractivity contribution is 8.00. The summed E-state index contributed by atoms with van der Waals surface area (Å²) in [6, 6.07) is 8.85. The standard InChI is InChI=1S/C15H17NO3S/c17-13(8-10-4-2-1-3-5-10)16-12(15(18)19)9-20-14(16)11-6-7-11/h1-5,11-12,14H,6-9H2,(H,18,19). The zero-order valence-electron chi connectivity index (χ0n) is 11.1. The van der Waals surface area contributed by atoms with Crippen LogP contribution < -0.4 is 0 Å². The molecule has 1 aromatic carbocycles. The van der Waals surface area contributed by atoms with E-state index in [0.29, 0.717) is 11.7 Å². The first kappa shape index (κ1) is 13.5. The molecule has 1 aliphatic heterocycles. The lowest BCUT2D eigenvalue weighted by Crippen LogP contribution is -2.46. The quantitative estimate of drug-likeness (QED) is 0.922. The molecule has 1 amide bonds. The fourth-order valence-corrected chi connectivity index (χ4v) is 4.29. The monoisotopic (exact) mass is 291 g/mol. The van der Waals surface area contributed by atoms with E-state index in [9.17, 15) is 14.7 Å². The van der Waals surface area contributed by atoms with E-state index in [1.54, 1.807) is 16.7 Å². The van der Waals surface area contributed by atoms with Crippen molar-refractivity contribution >= 4 is 23.6 Å². The number of carboxylic acids is 1. The van der Waals surface area contributed by atoms with Crippen LogP contribution in [0.4, 0.5) is 0 Å². The van der Waals surface area contributed by atoms with Gasteiger partial charge in [-0.3, -0.25) is 4.79 Å². The van der Waals surface area contributed by atoms with Gasteiger partial charge in [-0.2, -0.15) is 0 Å².